The zero-order chi connectivity index (χ0) is 18.6. The summed E-state index contributed by atoms with van der Waals surface area (Å²) in [6.07, 6.45) is 0.914. The van der Waals surface area contributed by atoms with Crippen molar-refractivity contribution in [2.45, 2.75) is 12.5 Å². The van der Waals surface area contributed by atoms with Gasteiger partial charge in [-0.15, -0.1) is 0 Å². The van der Waals surface area contributed by atoms with Crippen molar-refractivity contribution >= 4 is 56.4 Å². The molecule has 2 aromatic rings. The van der Waals surface area contributed by atoms with Crippen LogP contribution in [0.1, 0.15) is 18.0 Å². The van der Waals surface area contributed by atoms with Crippen LogP contribution in [0, 0.1) is 0 Å². The Bertz CT molecular complexity index is 871. The van der Waals surface area contributed by atoms with Gasteiger partial charge in [-0.05, 0) is 35.9 Å². The molecule has 0 unspecified atom stereocenters. The van der Waals surface area contributed by atoms with Crippen LogP contribution >= 0.6 is 34.8 Å². The highest BCUT2D eigenvalue weighted by atomic mass is 35.5. The maximum atomic E-state index is 12.3. The zero-order valence-electron chi connectivity index (χ0n) is 13.1. The van der Waals surface area contributed by atoms with E-state index in [1.807, 2.05) is 0 Å². The second-order valence-corrected chi connectivity index (χ2v) is 8.43. The van der Waals surface area contributed by atoms with Gasteiger partial charge in [0.1, 0.15) is 0 Å². The molecule has 2 rings (SSSR count). The van der Waals surface area contributed by atoms with Crippen LogP contribution in [-0.2, 0) is 14.8 Å². The van der Waals surface area contributed by atoms with Gasteiger partial charge < -0.3 is 5.32 Å². The Hall–Kier alpha value is -1.31. The number of halogens is 3. The fourth-order valence-electron chi connectivity index (χ4n) is 2.16. The van der Waals surface area contributed by atoms with Gasteiger partial charge in [-0.25, -0.2) is 13.1 Å². The molecule has 0 spiro atoms. The molecule has 0 saturated carbocycles. The second-order valence-electron chi connectivity index (χ2n) is 5.37. The highest BCUT2D eigenvalue weighted by Gasteiger charge is 2.20. The number of amides is 1. The Kier molecular flexibility index (Phi) is 6.71. The highest BCUT2D eigenvalue weighted by Crippen LogP contribution is 2.26. The van der Waals surface area contributed by atoms with Crippen molar-refractivity contribution in [3.63, 3.8) is 0 Å². The van der Waals surface area contributed by atoms with Gasteiger partial charge in [0, 0.05) is 16.5 Å². The summed E-state index contributed by atoms with van der Waals surface area (Å²) in [6.45, 7) is 0. The van der Waals surface area contributed by atoms with Gasteiger partial charge >= 0.3 is 0 Å². The lowest BCUT2D eigenvalue weighted by Crippen LogP contribution is -2.30. The van der Waals surface area contributed by atoms with E-state index in [1.54, 1.807) is 36.4 Å². The molecule has 0 bridgehead atoms. The molecule has 0 heterocycles. The van der Waals surface area contributed by atoms with Crippen LogP contribution in [0.4, 0.5) is 5.69 Å². The van der Waals surface area contributed by atoms with Crippen LogP contribution in [0.25, 0.3) is 0 Å². The molecule has 0 aliphatic rings. The van der Waals surface area contributed by atoms with E-state index >= 15 is 0 Å². The first-order valence-corrected chi connectivity index (χ1v) is 10.1. The summed E-state index contributed by atoms with van der Waals surface area (Å²) in [5, 5.41) is 3.89. The number of hydrogen-bond donors (Lipinski definition) is 2. The smallest absolute Gasteiger partial charge is 0.226 e. The molecule has 9 heteroatoms. The lowest BCUT2D eigenvalue weighted by atomic mass is 10.0. The van der Waals surface area contributed by atoms with E-state index in [4.69, 9.17) is 34.8 Å². The number of carbonyl (C=O) groups excluding carboxylic acids is 1. The third-order valence-electron chi connectivity index (χ3n) is 3.22. The molecule has 25 heavy (non-hydrogen) atoms. The summed E-state index contributed by atoms with van der Waals surface area (Å²) in [7, 11) is -3.52. The van der Waals surface area contributed by atoms with Crippen LogP contribution in [-0.4, -0.2) is 20.6 Å². The van der Waals surface area contributed by atoms with Crippen LogP contribution in [0.5, 0.6) is 0 Å². The van der Waals surface area contributed by atoms with Crippen molar-refractivity contribution < 1.29 is 13.2 Å². The predicted molar refractivity (Wildman–Crippen MR) is 102 cm³/mol. The van der Waals surface area contributed by atoms with Crippen LogP contribution in [0.2, 0.25) is 15.1 Å². The number of sulfonamides is 1. The number of nitrogens with one attached hydrogen (secondary N) is 2. The normalized spacial score (nSPS) is 12.6. The number of benzene rings is 2. The summed E-state index contributed by atoms with van der Waals surface area (Å²) in [5.41, 5.74) is 1.01. The molecule has 0 radical (unpaired) electrons. The summed E-state index contributed by atoms with van der Waals surface area (Å²) in [4.78, 5) is 12.3. The van der Waals surface area contributed by atoms with Gasteiger partial charge in [-0.1, -0.05) is 46.9 Å². The number of anilines is 1. The number of rotatable bonds is 6. The average molecular weight is 422 g/mol. The molecular formula is C16H15Cl3N2O3S. The van der Waals surface area contributed by atoms with Gasteiger partial charge in [0.2, 0.25) is 15.9 Å². The maximum Gasteiger partial charge on any atom is 0.226 e. The topological polar surface area (TPSA) is 75.3 Å². The largest absolute Gasteiger partial charge is 0.325 e. The van der Waals surface area contributed by atoms with E-state index in [1.165, 1.54) is 6.07 Å². The van der Waals surface area contributed by atoms with E-state index in [0.717, 1.165) is 6.26 Å². The van der Waals surface area contributed by atoms with E-state index in [9.17, 15) is 13.2 Å². The molecular weight excluding hydrogens is 407 g/mol. The lowest BCUT2D eigenvalue weighted by Gasteiger charge is -2.18. The fourth-order valence-corrected chi connectivity index (χ4v) is 3.48. The molecule has 2 aromatic carbocycles. The minimum atomic E-state index is -3.52. The minimum Gasteiger partial charge on any atom is -0.325 e. The summed E-state index contributed by atoms with van der Waals surface area (Å²) in [5.74, 6) is -0.402. The van der Waals surface area contributed by atoms with Crippen molar-refractivity contribution in [1.82, 2.24) is 4.72 Å². The Morgan fingerprint density at radius 2 is 1.64 bits per heavy atom. The summed E-state index contributed by atoms with van der Waals surface area (Å²) in [6, 6.07) is 10.5. The Labute approximate surface area is 161 Å². The van der Waals surface area contributed by atoms with Gasteiger partial charge in [0.25, 0.3) is 0 Å². The quantitative estimate of drug-likeness (QED) is 0.731. The summed E-state index contributed by atoms with van der Waals surface area (Å²) < 4.78 is 25.7. The van der Waals surface area contributed by atoms with Crippen molar-refractivity contribution in [2.75, 3.05) is 11.6 Å². The average Bonchev–Trinajstić information content (AvgIpc) is 2.49. The molecule has 134 valence electrons. The van der Waals surface area contributed by atoms with E-state index < -0.39 is 22.0 Å². The molecule has 1 atom stereocenters. The second kappa shape index (κ2) is 8.38. The minimum absolute atomic E-state index is 0.117. The van der Waals surface area contributed by atoms with E-state index in [-0.39, 0.29) is 6.42 Å². The summed E-state index contributed by atoms with van der Waals surface area (Å²) >= 11 is 17.7. The Balaban J connectivity index is 2.17. The van der Waals surface area contributed by atoms with Gasteiger partial charge in [0.05, 0.1) is 23.0 Å². The van der Waals surface area contributed by atoms with Crippen molar-refractivity contribution in [1.29, 1.82) is 0 Å². The zero-order valence-corrected chi connectivity index (χ0v) is 16.2. The highest BCUT2D eigenvalue weighted by molar-refractivity contribution is 7.88. The molecule has 0 aromatic heterocycles. The number of hydrogen-bond acceptors (Lipinski definition) is 3. The predicted octanol–water partition coefficient (Wildman–Crippen LogP) is 4.27. The van der Waals surface area contributed by atoms with E-state index in [0.29, 0.717) is 26.3 Å². The van der Waals surface area contributed by atoms with Gasteiger partial charge in [-0.2, -0.15) is 0 Å². The Morgan fingerprint density at radius 1 is 1.04 bits per heavy atom. The molecule has 0 fully saturated rings. The van der Waals surface area contributed by atoms with Crippen molar-refractivity contribution in [3.05, 3.63) is 63.1 Å². The molecule has 0 saturated heterocycles. The van der Waals surface area contributed by atoms with Crippen LogP contribution in [0.3, 0.4) is 0 Å². The SMILES string of the molecule is CS(=O)(=O)N[C@@H](CC(=O)Nc1ccc(Cl)cc1Cl)c1ccc(Cl)cc1. The fraction of sp³-hybridized carbons (Fsp3) is 0.188. The van der Waals surface area contributed by atoms with Gasteiger partial charge in [-0.3, -0.25) is 4.79 Å². The molecule has 0 aliphatic carbocycles. The lowest BCUT2D eigenvalue weighted by molar-refractivity contribution is -0.116. The van der Waals surface area contributed by atoms with Crippen LogP contribution in [0.15, 0.2) is 42.5 Å². The first-order valence-electron chi connectivity index (χ1n) is 7.12. The molecule has 2 N–H and O–H groups in total. The first kappa shape index (κ1) is 20.0. The molecule has 5 nitrogen and oxygen atoms in total. The van der Waals surface area contributed by atoms with Crippen molar-refractivity contribution in [3.8, 4) is 0 Å². The van der Waals surface area contributed by atoms with Crippen molar-refractivity contribution in [2.24, 2.45) is 0 Å². The maximum absolute atomic E-state index is 12.3. The standard InChI is InChI=1S/C16H15Cl3N2O3S/c1-25(23,24)21-15(10-2-4-11(17)5-3-10)9-16(22)20-14-7-6-12(18)8-13(14)19/h2-8,15,21H,9H2,1H3,(H,20,22)/t15-/m0/s1. The van der Waals surface area contributed by atoms with Crippen LogP contribution < -0.4 is 10.0 Å². The van der Waals surface area contributed by atoms with Gasteiger partial charge in [0.15, 0.2) is 0 Å². The number of carbonyl (C=O) groups is 1. The Morgan fingerprint density at radius 3 is 2.20 bits per heavy atom. The molecule has 0 aliphatic heterocycles. The third-order valence-corrected chi connectivity index (χ3v) is 4.74. The third kappa shape index (κ3) is 6.49. The van der Waals surface area contributed by atoms with E-state index in [2.05, 4.69) is 10.0 Å². The first-order chi connectivity index (χ1) is 11.6. The molecule has 1 amide bonds. The monoisotopic (exact) mass is 420 g/mol.